The second kappa shape index (κ2) is 13.4. The minimum absolute atomic E-state index is 0.881. The van der Waals surface area contributed by atoms with Crippen molar-refractivity contribution in [2.24, 2.45) is 0 Å². The summed E-state index contributed by atoms with van der Waals surface area (Å²) in [6.45, 7) is 0. The first kappa shape index (κ1) is 31.6. The molecule has 10 rings (SSSR count). The maximum atomic E-state index is 6.95. The Bertz CT molecular complexity index is 2890. The molecule has 9 aromatic carbocycles. The zero-order chi connectivity index (χ0) is 35.8. The highest BCUT2D eigenvalue weighted by atomic mass is 16.3. The average Bonchev–Trinajstić information content (AvgIpc) is 3.67. The molecule has 0 aliphatic heterocycles. The first-order valence-corrected chi connectivity index (χ1v) is 18.4. The Balaban J connectivity index is 1.11. The van der Waals surface area contributed by atoms with Crippen LogP contribution in [-0.4, -0.2) is 0 Å². The molecule has 0 N–H and O–H groups in total. The maximum absolute atomic E-state index is 6.95. The first-order chi connectivity index (χ1) is 26.8. The van der Waals surface area contributed by atoms with Gasteiger partial charge in [0.2, 0.25) is 0 Å². The van der Waals surface area contributed by atoms with Gasteiger partial charge in [-0.2, -0.15) is 0 Å². The van der Waals surface area contributed by atoms with Gasteiger partial charge in [0.15, 0.2) is 0 Å². The lowest BCUT2D eigenvalue weighted by Gasteiger charge is -2.26. The van der Waals surface area contributed by atoms with E-state index >= 15 is 0 Å². The van der Waals surface area contributed by atoms with Crippen molar-refractivity contribution in [3.63, 3.8) is 0 Å². The van der Waals surface area contributed by atoms with E-state index in [1.807, 2.05) is 0 Å². The Hall–Kier alpha value is -7.16. The van der Waals surface area contributed by atoms with Crippen LogP contribution in [-0.2, 0) is 0 Å². The molecule has 0 saturated heterocycles. The van der Waals surface area contributed by atoms with Crippen LogP contribution >= 0.6 is 0 Å². The van der Waals surface area contributed by atoms with E-state index in [9.17, 15) is 0 Å². The lowest BCUT2D eigenvalue weighted by Crippen LogP contribution is -2.09. The van der Waals surface area contributed by atoms with Crippen molar-refractivity contribution < 1.29 is 4.42 Å². The van der Waals surface area contributed by atoms with E-state index in [2.05, 4.69) is 217 Å². The van der Waals surface area contributed by atoms with Crippen molar-refractivity contribution in [2.75, 3.05) is 4.90 Å². The molecular formula is C52H35NO. The molecule has 0 atom stereocenters. The summed E-state index contributed by atoms with van der Waals surface area (Å²) in [5.41, 5.74) is 12.3. The fourth-order valence-electron chi connectivity index (χ4n) is 7.99. The zero-order valence-electron chi connectivity index (χ0n) is 29.6. The van der Waals surface area contributed by atoms with Crippen LogP contribution in [0.15, 0.2) is 217 Å². The highest BCUT2D eigenvalue weighted by molar-refractivity contribution is 6.28. The monoisotopic (exact) mass is 689 g/mol. The normalized spacial score (nSPS) is 11.3. The van der Waals surface area contributed by atoms with Crippen LogP contribution in [0.3, 0.4) is 0 Å². The third-order valence-corrected chi connectivity index (χ3v) is 10.5. The van der Waals surface area contributed by atoms with E-state index < -0.39 is 0 Å². The lowest BCUT2D eigenvalue weighted by atomic mass is 9.92. The van der Waals surface area contributed by atoms with Crippen LogP contribution < -0.4 is 4.90 Å². The number of anilines is 3. The van der Waals surface area contributed by atoms with Crippen molar-refractivity contribution in [1.82, 2.24) is 0 Å². The SMILES string of the molecule is c1ccc(-c2ccccc2-c2ccc(N(c3ccccc3)c3ccc(-c4c(-c5ccccc5)oc5c6ccccc6c6ccccc6c45)cc3)cc2)cc1. The number of hydrogen-bond acceptors (Lipinski definition) is 2. The van der Waals surface area contributed by atoms with Crippen LogP contribution in [0.1, 0.15) is 0 Å². The summed E-state index contributed by atoms with van der Waals surface area (Å²) in [5.74, 6) is 0.881. The molecule has 0 aliphatic carbocycles. The predicted molar refractivity (Wildman–Crippen MR) is 228 cm³/mol. The maximum Gasteiger partial charge on any atom is 0.143 e. The standard InChI is InChI=1S/C52H35NO/c1-4-16-36(17-5-1)43-22-10-11-23-44(43)37-28-32-41(33-29-37)53(40-20-8-3-9-21-40)42-34-30-38(31-35-42)49-50-47-26-14-12-24-45(47)46-25-13-15-27-48(46)52(50)54-51(49)39-18-6-2-7-19-39/h1-35H. The van der Waals surface area contributed by atoms with Gasteiger partial charge in [0.1, 0.15) is 11.3 Å². The van der Waals surface area contributed by atoms with Crippen LogP contribution in [0.4, 0.5) is 17.1 Å². The van der Waals surface area contributed by atoms with Crippen molar-refractivity contribution in [2.45, 2.75) is 0 Å². The second-order valence-corrected chi connectivity index (χ2v) is 13.6. The highest BCUT2D eigenvalue weighted by Crippen LogP contribution is 2.48. The topological polar surface area (TPSA) is 16.4 Å². The number of benzene rings is 9. The zero-order valence-corrected chi connectivity index (χ0v) is 29.6. The fraction of sp³-hybridized carbons (Fsp3) is 0. The Morgan fingerprint density at radius 1 is 0.296 bits per heavy atom. The average molecular weight is 690 g/mol. The molecule has 0 radical (unpaired) electrons. The van der Waals surface area contributed by atoms with Gasteiger partial charge >= 0.3 is 0 Å². The molecule has 0 saturated carbocycles. The van der Waals surface area contributed by atoms with Crippen LogP contribution in [0.25, 0.3) is 77.2 Å². The van der Waals surface area contributed by atoms with Crippen molar-refractivity contribution in [3.8, 4) is 44.7 Å². The molecule has 1 heterocycles. The summed E-state index contributed by atoms with van der Waals surface area (Å²) < 4.78 is 6.95. The Morgan fingerprint density at radius 3 is 1.30 bits per heavy atom. The van der Waals surface area contributed by atoms with Gasteiger partial charge in [-0.25, -0.2) is 0 Å². The van der Waals surface area contributed by atoms with Gasteiger partial charge < -0.3 is 9.32 Å². The fourth-order valence-corrected chi connectivity index (χ4v) is 7.99. The Morgan fingerprint density at radius 2 is 0.704 bits per heavy atom. The van der Waals surface area contributed by atoms with Gasteiger partial charge in [-0.3, -0.25) is 0 Å². The molecule has 0 fully saturated rings. The summed E-state index contributed by atoms with van der Waals surface area (Å²) in [7, 11) is 0. The summed E-state index contributed by atoms with van der Waals surface area (Å²) in [4.78, 5) is 2.32. The molecule has 0 bridgehead atoms. The number of nitrogens with zero attached hydrogens (tertiary/aromatic N) is 1. The highest BCUT2D eigenvalue weighted by Gasteiger charge is 2.23. The van der Waals surface area contributed by atoms with Gasteiger partial charge in [-0.1, -0.05) is 176 Å². The summed E-state index contributed by atoms with van der Waals surface area (Å²) in [5, 5.41) is 5.88. The van der Waals surface area contributed by atoms with E-state index in [0.29, 0.717) is 0 Å². The van der Waals surface area contributed by atoms with E-state index in [0.717, 1.165) is 55.9 Å². The molecule has 254 valence electrons. The minimum Gasteiger partial charge on any atom is -0.455 e. The van der Waals surface area contributed by atoms with Gasteiger partial charge in [0, 0.05) is 39.0 Å². The molecule has 10 aromatic rings. The quantitative estimate of drug-likeness (QED) is 0.155. The third-order valence-electron chi connectivity index (χ3n) is 10.5. The summed E-state index contributed by atoms with van der Waals surface area (Å²) in [6.07, 6.45) is 0. The second-order valence-electron chi connectivity index (χ2n) is 13.6. The van der Waals surface area contributed by atoms with Crippen molar-refractivity contribution >= 4 is 49.6 Å². The molecule has 0 aliphatic rings. The molecule has 0 amide bonds. The number of rotatable bonds is 7. The molecule has 54 heavy (non-hydrogen) atoms. The van der Waals surface area contributed by atoms with E-state index in [1.165, 1.54) is 38.4 Å². The van der Waals surface area contributed by atoms with Gasteiger partial charge in [-0.15, -0.1) is 0 Å². The van der Waals surface area contributed by atoms with Crippen LogP contribution in [0.2, 0.25) is 0 Å². The van der Waals surface area contributed by atoms with E-state index in [4.69, 9.17) is 4.42 Å². The Kier molecular flexibility index (Phi) is 7.85. The van der Waals surface area contributed by atoms with Gasteiger partial charge in [0.05, 0.1) is 0 Å². The molecule has 0 unspecified atom stereocenters. The number of hydrogen-bond donors (Lipinski definition) is 0. The number of furan rings is 1. The van der Waals surface area contributed by atoms with Crippen molar-refractivity contribution in [1.29, 1.82) is 0 Å². The Labute approximate surface area is 314 Å². The van der Waals surface area contributed by atoms with Gasteiger partial charge in [0.25, 0.3) is 0 Å². The largest absolute Gasteiger partial charge is 0.455 e. The molecule has 2 heteroatoms. The number of fused-ring (bicyclic) bond motifs is 6. The summed E-state index contributed by atoms with van der Waals surface area (Å²) in [6, 6.07) is 75.5. The molecule has 0 spiro atoms. The summed E-state index contributed by atoms with van der Waals surface area (Å²) >= 11 is 0. The molecular weight excluding hydrogens is 655 g/mol. The minimum atomic E-state index is 0.881. The molecule has 2 nitrogen and oxygen atoms in total. The van der Waals surface area contributed by atoms with Gasteiger partial charge in [-0.05, 0) is 80.4 Å². The van der Waals surface area contributed by atoms with E-state index in [1.54, 1.807) is 0 Å². The number of para-hydroxylation sites is 1. The van der Waals surface area contributed by atoms with Crippen LogP contribution in [0, 0.1) is 0 Å². The smallest absolute Gasteiger partial charge is 0.143 e. The van der Waals surface area contributed by atoms with Crippen LogP contribution in [0.5, 0.6) is 0 Å². The lowest BCUT2D eigenvalue weighted by molar-refractivity contribution is 0.636. The third kappa shape index (κ3) is 5.44. The predicted octanol–water partition coefficient (Wildman–Crippen LogP) is 14.9. The van der Waals surface area contributed by atoms with Crippen molar-refractivity contribution in [3.05, 3.63) is 212 Å². The first-order valence-electron chi connectivity index (χ1n) is 18.4. The van der Waals surface area contributed by atoms with E-state index in [-0.39, 0.29) is 0 Å². The molecule has 1 aromatic heterocycles.